The Morgan fingerprint density at radius 3 is 2.85 bits per heavy atom. The van der Waals surface area contributed by atoms with Crippen molar-refractivity contribution in [2.24, 2.45) is 11.8 Å². The van der Waals surface area contributed by atoms with E-state index in [1.54, 1.807) is 6.20 Å². The van der Waals surface area contributed by atoms with Crippen LogP contribution in [0.3, 0.4) is 0 Å². The van der Waals surface area contributed by atoms with E-state index in [1.165, 1.54) is 19.3 Å². The monoisotopic (exact) mass is 275 g/mol. The van der Waals surface area contributed by atoms with E-state index in [4.69, 9.17) is 0 Å². The van der Waals surface area contributed by atoms with Gasteiger partial charge in [-0.1, -0.05) is 13.8 Å². The number of hydrogen-bond acceptors (Lipinski definition) is 3. The molecule has 1 fully saturated rings. The van der Waals surface area contributed by atoms with E-state index in [9.17, 15) is 4.79 Å². The first-order chi connectivity index (χ1) is 9.60. The molecule has 4 heteroatoms. The SMILES string of the molecule is CCNC(=O)c1cc(NC2CCC(C)C(C)C2)ccn1. The molecule has 1 aliphatic carbocycles. The first-order valence-corrected chi connectivity index (χ1v) is 7.61. The van der Waals surface area contributed by atoms with Crippen LogP contribution in [0.4, 0.5) is 5.69 Å². The Balaban J connectivity index is 1.99. The van der Waals surface area contributed by atoms with E-state index in [-0.39, 0.29) is 5.91 Å². The summed E-state index contributed by atoms with van der Waals surface area (Å²) in [4.78, 5) is 15.9. The van der Waals surface area contributed by atoms with Gasteiger partial charge >= 0.3 is 0 Å². The number of nitrogens with one attached hydrogen (secondary N) is 2. The fourth-order valence-corrected chi connectivity index (χ4v) is 2.81. The third-order valence-electron chi connectivity index (χ3n) is 4.30. The Bertz CT molecular complexity index is 461. The van der Waals surface area contributed by atoms with Crippen LogP contribution in [0.15, 0.2) is 18.3 Å². The summed E-state index contributed by atoms with van der Waals surface area (Å²) in [6.45, 7) is 7.19. The Labute approximate surface area is 121 Å². The molecule has 110 valence electrons. The summed E-state index contributed by atoms with van der Waals surface area (Å²) < 4.78 is 0. The van der Waals surface area contributed by atoms with Gasteiger partial charge in [0.25, 0.3) is 5.91 Å². The molecule has 2 rings (SSSR count). The number of carbonyl (C=O) groups excluding carboxylic acids is 1. The van der Waals surface area contributed by atoms with Gasteiger partial charge in [0.15, 0.2) is 0 Å². The fourth-order valence-electron chi connectivity index (χ4n) is 2.81. The lowest BCUT2D eigenvalue weighted by molar-refractivity contribution is 0.0951. The molecule has 3 unspecified atom stereocenters. The second kappa shape index (κ2) is 6.73. The normalized spacial score (nSPS) is 26.1. The lowest BCUT2D eigenvalue weighted by Gasteiger charge is -2.33. The molecule has 1 amide bonds. The molecular weight excluding hydrogens is 250 g/mol. The van der Waals surface area contributed by atoms with Crippen LogP contribution in [0, 0.1) is 11.8 Å². The zero-order chi connectivity index (χ0) is 14.5. The van der Waals surface area contributed by atoms with Crippen molar-refractivity contribution in [3.8, 4) is 0 Å². The van der Waals surface area contributed by atoms with Crippen LogP contribution >= 0.6 is 0 Å². The molecule has 0 bridgehead atoms. The summed E-state index contributed by atoms with van der Waals surface area (Å²) in [5.74, 6) is 1.46. The smallest absolute Gasteiger partial charge is 0.269 e. The van der Waals surface area contributed by atoms with Crippen molar-refractivity contribution in [3.05, 3.63) is 24.0 Å². The van der Waals surface area contributed by atoms with Crippen molar-refractivity contribution in [1.29, 1.82) is 0 Å². The zero-order valence-electron chi connectivity index (χ0n) is 12.6. The molecule has 4 nitrogen and oxygen atoms in total. The minimum Gasteiger partial charge on any atom is -0.382 e. The molecule has 1 heterocycles. The maximum absolute atomic E-state index is 11.8. The molecule has 0 spiro atoms. The molecule has 0 aromatic carbocycles. The molecule has 0 radical (unpaired) electrons. The summed E-state index contributed by atoms with van der Waals surface area (Å²) in [7, 11) is 0. The molecule has 0 saturated heterocycles. The van der Waals surface area contributed by atoms with E-state index in [1.807, 2.05) is 19.1 Å². The largest absolute Gasteiger partial charge is 0.382 e. The van der Waals surface area contributed by atoms with E-state index in [0.717, 1.165) is 17.5 Å². The van der Waals surface area contributed by atoms with Crippen LogP contribution in [0.5, 0.6) is 0 Å². The highest BCUT2D eigenvalue weighted by Gasteiger charge is 2.24. The van der Waals surface area contributed by atoms with Gasteiger partial charge in [-0.25, -0.2) is 0 Å². The highest BCUT2D eigenvalue weighted by Crippen LogP contribution is 2.31. The molecule has 1 aromatic rings. The maximum atomic E-state index is 11.8. The lowest BCUT2D eigenvalue weighted by Crippen LogP contribution is -2.30. The van der Waals surface area contributed by atoms with Gasteiger partial charge in [0.2, 0.25) is 0 Å². The third-order valence-corrected chi connectivity index (χ3v) is 4.30. The maximum Gasteiger partial charge on any atom is 0.269 e. The topological polar surface area (TPSA) is 54.0 Å². The van der Waals surface area contributed by atoms with Crippen molar-refractivity contribution in [3.63, 3.8) is 0 Å². The average Bonchev–Trinajstić information content (AvgIpc) is 2.43. The highest BCUT2D eigenvalue weighted by molar-refractivity contribution is 5.93. The van der Waals surface area contributed by atoms with E-state index < -0.39 is 0 Å². The second-order valence-electron chi connectivity index (χ2n) is 5.90. The molecule has 2 N–H and O–H groups in total. The van der Waals surface area contributed by atoms with Gasteiger partial charge in [-0.2, -0.15) is 0 Å². The van der Waals surface area contributed by atoms with Crippen LogP contribution in [-0.2, 0) is 0 Å². The molecular formula is C16H25N3O. The quantitative estimate of drug-likeness (QED) is 0.888. The lowest BCUT2D eigenvalue weighted by atomic mass is 9.79. The molecule has 1 aliphatic rings. The van der Waals surface area contributed by atoms with Gasteiger partial charge in [0, 0.05) is 24.5 Å². The Kier molecular flexibility index (Phi) is 4.99. The third kappa shape index (κ3) is 3.71. The number of hydrogen-bond donors (Lipinski definition) is 2. The van der Waals surface area contributed by atoms with E-state index in [0.29, 0.717) is 18.3 Å². The molecule has 20 heavy (non-hydrogen) atoms. The summed E-state index contributed by atoms with van der Waals surface area (Å²) in [5.41, 5.74) is 1.47. The van der Waals surface area contributed by atoms with Crippen LogP contribution < -0.4 is 10.6 Å². The van der Waals surface area contributed by atoms with Gasteiger partial charge in [0.05, 0.1) is 0 Å². The van der Waals surface area contributed by atoms with Gasteiger partial charge in [-0.15, -0.1) is 0 Å². The van der Waals surface area contributed by atoms with Crippen molar-refractivity contribution in [2.75, 3.05) is 11.9 Å². The first kappa shape index (κ1) is 14.8. The van der Waals surface area contributed by atoms with Crippen molar-refractivity contribution in [2.45, 2.75) is 46.1 Å². The Morgan fingerprint density at radius 2 is 2.15 bits per heavy atom. The summed E-state index contributed by atoms with van der Waals surface area (Å²) >= 11 is 0. The van der Waals surface area contributed by atoms with Crippen LogP contribution in [0.2, 0.25) is 0 Å². The molecule has 1 saturated carbocycles. The first-order valence-electron chi connectivity index (χ1n) is 7.61. The summed E-state index contributed by atoms with van der Waals surface area (Å²) in [5, 5.41) is 6.33. The van der Waals surface area contributed by atoms with Crippen LogP contribution in [-0.4, -0.2) is 23.5 Å². The number of anilines is 1. The standard InChI is InChI=1S/C16H25N3O/c1-4-17-16(20)15-10-14(7-8-18-15)19-13-6-5-11(2)12(3)9-13/h7-8,10-13H,4-6,9H2,1-3H3,(H,17,20)(H,18,19). The zero-order valence-corrected chi connectivity index (χ0v) is 12.6. The predicted octanol–water partition coefficient (Wildman–Crippen LogP) is 3.07. The van der Waals surface area contributed by atoms with Crippen molar-refractivity contribution < 1.29 is 4.79 Å². The summed E-state index contributed by atoms with van der Waals surface area (Å²) in [6, 6.07) is 4.28. The molecule has 3 atom stereocenters. The predicted molar refractivity (Wildman–Crippen MR) is 81.8 cm³/mol. The van der Waals surface area contributed by atoms with Crippen LogP contribution in [0.25, 0.3) is 0 Å². The van der Waals surface area contributed by atoms with E-state index in [2.05, 4.69) is 29.5 Å². The fraction of sp³-hybridized carbons (Fsp3) is 0.625. The number of rotatable bonds is 4. The number of pyridine rings is 1. The van der Waals surface area contributed by atoms with Crippen molar-refractivity contribution in [1.82, 2.24) is 10.3 Å². The number of aromatic nitrogens is 1. The second-order valence-corrected chi connectivity index (χ2v) is 5.90. The van der Waals surface area contributed by atoms with Gasteiger partial charge < -0.3 is 10.6 Å². The molecule has 0 aliphatic heterocycles. The molecule has 1 aromatic heterocycles. The number of amides is 1. The van der Waals surface area contributed by atoms with Crippen LogP contribution in [0.1, 0.15) is 50.5 Å². The summed E-state index contributed by atoms with van der Waals surface area (Å²) in [6.07, 6.45) is 5.36. The average molecular weight is 275 g/mol. The number of carbonyl (C=O) groups is 1. The van der Waals surface area contributed by atoms with Gasteiger partial charge in [0.1, 0.15) is 5.69 Å². The van der Waals surface area contributed by atoms with Gasteiger partial charge in [-0.3, -0.25) is 9.78 Å². The minimum atomic E-state index is -0.109. The Hall–Kier alpha value is -1.58. The van der Waals surface area contributed by atoms with Gasteiger partial charge in [-0.05, 0) is 50.2 Å². The number of nitrogens with zero attached hydrogens (tertiary/aromatic N) is 1. The van der Waals surface area contributed by atoms with E-state index >= 15 is 0 Å². The highest BCUT2D eigenvalue weighted by atomic mass is 16.1. The minimum absolute atomic E-state index is 0.109. The van der Waals surface area contributed by atoms with Crippen molar-refractivity contribution >= 4 is 11.6 Å². The Morgan fingerprint density at radius 1 is 1.35 bits per heavy atom.